The van der Waals surface area contributed by atoms with Gasteiger partial charge in [0.15, 0.2) is 0 Å². The fourth-order valence-electron chi connectivity index (χ4n) is 3.26. The highest BCUT2D eigenvalue weighted by Crippen LogP contribution is 2.20. The average molecular weight is 349 g/mol. The van der Waals surface area contributed by atoms with Gasteiger partial charge in [0.2, 0.25) is 11.7 Å². The van der Waals surface area contributed by atoms with Crippen molar-refractivity contribution in [2.24, 2.45) is 5.92 Å². The third kappa shape index (κ3) is 4.08. The number of hydrogen-bond acceptors (Lipinski definition) is 6. The highest BCUT2D eigenvalue weighted by atomic mass is 16.5. The van der Waals surface area contributed by atoms with Crippen molar-refractivity contribution in [3.8, 4) is 11.4 Å². The first kappa shape index (κ1) is 16.7. The summed E-state index contributed by atoms with van der Waals surface area (Å²) in [5.41, 5.74) is 2.16. The predicted octanol–water partition coefficient (Wildman–Crippen LogP) is 3.37. The topological polar surface area (TPSA) is 67.1 Å². The average Bonchev–Trinajstić information content (AvgIpc) is 3.32. The molecule has 2 aromatic heterocycles. The van der Waals surface area contributed by atoms with Gasteiger partial charge in [-0.25, -0.2) is 4.98 Å². The van der Waals surface area contributed by atoms with Crippen molar-refractivity contribution in [2.75, 3.05) is 25.0 Å². The SMILES string of the molecule is Cc1ccc(NC[C@@H]2CCN(Cc3nc(-c4ccccc4)no3)C2)nc1. The van der Waals surface area contributed by atoms with Crippen LogP contribution in [0.4, 0.5) is 5.82 Å². The second-order valence-corrected chi connectivity index (χ2v) is 6.87. The summed E-state index contributed by atoms with van der Waals surface area (Å²) in [6.45, 7) is 5.77. The lowest BCUT2D eigenvalue weighted by atomic mass is 10.1. The Morgan fingerprint density at radius 2 is 2.08 bits per heavy atom. The van der Waals surface area contributed by atoms with Crippen molar-refractivity contribution in [2.45, 2.75) is 19.9 Å². The van der Waals surface area contributed by atoms with Gasteiger partial charge >= 0.3 is 0 Å². The number of nitrogens with one attached hydrogen (secondary N) is 1. The van der Waals surface area contributed by atoms with E-state index in [4.69, 9.17) is 4.52 Å². The smallest absolute Gasteiger partial charge is 0.241 e. The Balaban J connectivity index is 1.28. The van der Waals surface area contributed by atoms with E-state index >= 15 is 0 Å². The van der Waals surface area contributed by atoms with E-state index in [1.54, 1.807) is 0 Å². The lowest BCUT2D eigenvalue weighted by molar-refractivity contribution is 0.261. The molecule has 0 aliphatic carbocycles. The molecule has 0 saturated carbocycles. The van der Waals surface area contributed by atoms with E-state index in [0.717, 1.165) is 31.0 Å². The van der Waals surface area contributed by atoms with Gasteiger partial charge in [-0.1, -0.05) is 41.6 Å². The zero-order chi connectivity index (χ0) is 17.8. The highest BCUT2D eigenvalue weighted by molar-refractivity contribution is 5.53. The molecule has 0 amide bonds. The standard InChI is InChI=1S/C20H23N5O/c1-15-7-8-18(21-11-15)22-12-16-9-10-25(13-16)14-19-23-20(24-26-19)17-5-3-2-4-6-17/h2-8,11,16H,9-10,12-14H2,1H3,(H,21,22)/t16-/m0/s1. The number of benzene rings is 1. The molecule has 1 atom stereocenters. The van der Waals surface area contributed by atoms with E-state index in [1.807, 2.05) is 49.5 Å². The van der Waals surface area contributed by atoms with Crippen molar-refractivity contribution < 1.29 is 4.52 Å². The normalized spacial score (nSPS) is 17.5. The molecular formula is C20H23N5O. The monoisotopic (exact) mass is 349 g/mol. The summed E-state index contributed by atoms with van der Waals surface area (Å²) in [7, 11) is 0. The van der Waals surface area contributed by atoms with Gasteiger partial charge < -0.3 is 9.84 Å². The van der Waals surface area contributed by atoms with Crippen LogP contribution < -0.4 is 5.32 Å². The predicted molar refractivity (Wildman–Crippen MR) is 101 cm³/mol. The van der Waals surface area contributed by atoms with E-state index in [2.05, 4.69) is 31.4 Å². The summed E-state index contributed by atoms with van der Waals surface area (Å²) in [6, 6.07) is 14.0. The van der Waals surface area contributed by atoms with Crippen molar-refractivity contribution in [3.63, 3.8) is 0 Å². The molecule has 6 heteroatoms. The number of pyridine rings is 1. The lowest BCUT2D eigenvalue weighted by Crippen LogP contribution is -2.23. The Morgan fingerprint density at radius 3 is 2.88 bits per heavy atom. The number of hydrogen-bond donors (Lipinski definition) is 1. The molecule has 1 aromatic carbocycles. The van der Waals surface area contributed by atoms with Crippen LogP contribution >= 0.6 is 0 Å². The summed E-state index contributed by atoms with van der Waals surface area (Å²) in [4.78, 5) is 11.3. The fraction of sp³-hybridized carbons (Fsp3) is 0.350. The zero-order valence-electron chi connectivity index (χ0n) is 14.9. The van der Waals surface area contributed by atoms with Crippen LogP contribution in [0.25, 0.3) is 11.4 Å². The molecule has 134 valence electrons. The van der Waals surface area contributed by atoms with Gasteiger partial charge in [-0.15, -0.1) is 0 Å². The van der Waals surface area contributed by atoms with Gasteiger partial charge in [-0.05, 0) is 37.4 Å². The first-order chi connectivity index (χ1) is 12.8. The maximum absolute atomic E-state index is 5.43. The Labute approximate surface area is 153 Å². The molecule has 3 aromatic rings. The number of likely N-dealkylation sites (tertiary alicyclic amines) is 1. The van der Waals surface area contributed by atoms with Gasteiger partial charge in [0.05, 0.1) is 6.54 Å². The van der Waals surface area contributed by atoms with E-state index in [9.17, 15) is 0 Å². The number of rotatable bonds is 6. The number of aryl methyl sites for hydroxylation is 1. The molecule has 0 spiro atoms. The fourth-order valence-corrected chi connectivity index (χ4v) is 3.26. The molecular weight excluding hydrogens is 326 g/mol. The minimum absolute atomic E-state index is 0.606. The molecule has 1 aliphatic rings. The van der Waals surface area contributed by atoms with E-state index in [-0.39, 0.29) is 0 Å². The Morgan fingerprint density at radius 1 is 1.19 bits per heavy atom. The largest absolute Gasteiger partial charge is 0.370 e. The van der Waals surface area contributed by atoms with Crippen molar-refractivity contribution >= 4 is 5.82 Å². The van der Waals surface area contributed by atoms with Gasteiger partial charge in [-0.3, -0.25) is 4.90 Å². The van der Waals surface area contributed by atoms with Crippen LogP contribution in [0.2, 0.25) is 0 Å². The third-order valence-corrected chi connectivity index (χ3v) is 4.71. The lowest BCUT2D eigenvalue weighted by Gasteiger charge is -2.14. The van der Waals surface area contributed by atoms with Crippen molar-refractivity contribution in [3.05, 3.63) is 60.1 Å². The summed E-state index contributed by atoms with van der Waals surface area (Å²) < 4.78 is 5.43. The molecule has 6 nitrogen and oxygen atoms in total. The molecule has 0 unspecified atom stereocenters. The van der Waals surface area contributed by atoms with Crippen molar-refractivity contribution in [1.29, 1.82) is 0 Å². The highest BCUT2D eigenvalue weighted by Gasteiger charge is 2.24. The molecule has 0 bridgehead atoms. The first-order valence-corrected chi connectivity index (χ1v) is 9.03. The molecule has 26 heavy (non-hydrogen) atoms. The molecule has 1 fully saturated rings. The first-order valence-electron chi connectivity index (χ1n) is 9.03. The summed E-state index contributed by atoms with van der Waals surface area (Å²) in [5.74, 6) is 2.88. The van der Waals surface area contributed by atoms with Gasteiger partial charge in [0.1, 0.15) is 5.82 Å². The Bertz CT molecular complexity index is 831. The minimum Gasteiger partial charge on any atom is -0.370 e. The summed E-state index contributed by atoms with van der Waals surface area (Å²) >= 11 is 0. The van der Waals surface area contributed by atoms with E-state index in [0.29, 0.717) is 24.2 Å². The van der Waals surface area contributed by atoms with Gasteiger partial charge in [0, 0.05) is 24.8 Å². The molecule has 1 saturated heterocycles. The van der Waals surface area contributed by atoms with E-state index in [1.165, 1.54) is 12.0 Å². The second-order valence-electron chi connectivity index (χ2n) is 6.87. The van der Waals surface area contributed by atoms with Crippen LogP contribution in [0.15, 0.2) is 53.2 Å². The quantitative estimate of drug-likeness (QED) is 0.736. The maximum atomic E-state index is 5.43. The van der Waals surface area contributed by atoms with Gasteiger partial charge in [-0.2, -0.15) is 4.98 Å². The second kappa shape index (κ2) is 7.66. The summed E-state index contributed by atoms with van der Waals surface area (Å²) in [6.07, 6.45) is 3.06. The number of aromatic nitrogens is 3. The van der Waals surface area contributed by atoms with Crippen LogP contribution in [0.3, 0.4) is 0 Å². The number of anilines is 1. The molecule has 4 rings (SSSR count). The van der Waals surface area contributed by atoms with Crippen LogP contribution in [-0.2, 0) is 6.54 Å². The maximum Gasteiger partial charge on any atom is 0.241 e. The molecule has 3 heterocycles. The molecule has 1 aliphatic heterocycles. The van der Waals surface area contributed by atoms with Crippen LogP contribution in [0, 0.1) is 12.8 Å². The molecule has 1 N–H and O–H groups in total. The van der Waals surface area contributed by atoms with Crippen LogP contribution in [-0.4, -0.2) is 39.7 Å². The minimum atomic E-state index is 0.606. The van der Waals surface area contributed by atoms with Crippen LogP contribution in [0.5, 0.6) is 0 Å². The number of nitrogens with zero attached hydrogens (tertiary/aromatic N) is 4. The Hall–Kier alpha value is -2.73. The molecule has 0 radical (unpaired) electrons. The van der Waals surface area contributed by atoms with E-state index < -0.39 is 0 Å². The van der Waals surface area contributed by atoms with Gasteiger partial charge in [0.25, 0.3) is 0 Å². The third-order valence-electron chi connectivity index (χ3n) is 4.71. The Kier molecular flexibility index (Phi) is 4.93. The summed E-state index contributed by atoms with van der Waals surface area (Å²) in [5, 5.41) is 7.53. The van der Waals surface area contributed by atoms with Crippen LogP contribution in [0.1, 0.15) is 17.9 Å². The zero-order valence-corrected chi connectivity index (χ0v) is 14.9. The van der Waals surface area contributed by atoms with Crippen molar-refractivity contribution in [1.82, 2.24) is 20.0 Å².